The molecule has 0 aliphatic rings. The van der Waals surface area contributed by atoms with Gasteiger partial charge in [-0.1, -0.05) is 19.9 Å². The number of thiophene rings is 1. The molecule has 1 heterocycles. The number of hydrogen-bond donors (Lipinski definition) is 2. The zero-order valence-corrected chi connectivity index (χ0v) is 10.9. The highest BCUT2D eigenvalue weighted by Gasteiger charge is 2.08. The van der Waals surface area contributed by atoms with Gasteiger partial charge in [-0.05, 0) is 24.3 Å². The molecule has 0 saturated heterocycles. The Hall–Kier alpha value is -0.870. The Balaban J connectivity index is 2.21. The predicted octanol–water partition coefficient (Wildman–Crippen LogP) is 2.17. The average molecular weight is 240 g/mol. The van der Waals surface area contributed by atoms with E-state index in [2.05, 4.69) is 37.5 Å². The molecular weight excluding hydrogens is 220 g/mol. The molecular formula is C12H20N2OS. The summed E-state index contributed by atoms with van der Waals surface area (Å²) in [5, 5.41) is 8.14. The van der Waals surface area contributed by atoms with Gasteiger partial charge in [0.2, 0.25) is 5.91 Å². The molecule has 16 heavy (non-hydrogen) atoms. The van der Waals surface area contributed by atoms with E-state index >= 15 is 0 Å². The highest BCUT2D eigenvalue weighted by atomic mass is 32.1. The molecule has 1 aromatic heterocycles. The first-order valence-electron chi connectivity index (χ1n) is 5.63. The van der Waals surface area contributed by atoms with Crippen LogP contribution in [-0.2, 0) is 4.79 Å². The summed E-state index contributed by atoms with van der Waals surface area (Å²) < 4.78 is 0. The van der Waals surface area contributed by atoms with E-state index in [1.807, 2.05) is 11.4 Å². The molecule has 2 N–H and O–H groups in total. The monoisotopic (exact) mass is 240 g/mol. The van der Waals surface area contributed by atoms with E-state index in [1.165, 1.54) is 4.88 Å². The van der Waals surface area contributed by atoms with Gasteiger partial charge in [-0.25, -0.2) is 0 Å². The third kappa shape index (κ3) is 4.77. The minimum Gasteiger partial charge on any atom is -0.355 e. The minimum atomic E-state index is 0.0668. The van der Waals surface area contributed by atoms with Crippen molar-refractivity contribution in [3.8, 4) is 0 Å². The van der Waals surface area contributed by atoms with Crippen molar-refractivity contribution in [2.75, 3.05) is 13.1 Å². The normalized spacial score (nSPS) is 12.8. The van der Waals surface area contributed by atoms with E-state index in [9.17, 15) is 4.79 Å². The maximum Gasteiger partial charge on any atom is 0.233 e. The van der Waals surface area contributed by atoms with Gasteiger partial charge in [-0.3, -0.25) is 4.79 Å². The largest absolute Gasteiger partial charge is 0.355 e. The van der Waals surface area contributed by atoms with E-state index < -0.39 is 0 Å². The van der Waals surface area contributed by atoms with Crippen LogP contribution in [0.25, 0.3) is 0 Å². The molecule has 1 aromatic rings. The van der Waals surface area contributed by atoms with Crippen LogP contribution in [0.3, 0.4) is 0 Å². The standard InChI is InChI=1S/C12H20N2OS/c1-9(2)7-14-12(15)8-13-10(3)11-5-4-6-16-11/h4-6,9-10,13H,7-8H2,1-3H3,(H,14,15)/t10-/m1/s1. The van der Waals surface area contributed by atoms with Gasteiger partial charge in [0, 0.05) is 17.5 Å². The quantitative estimate of drug-likeness (QED) is 0.800. The molecule has 1 rings (SSSR count). The average Bonchev–Trinajstić information content (AvgIpc) is 2.76. The van der Waals surface area contributed by atoms with E-state index in [-0.39, 0.29) is 11.9 Å². The lowest BCUT2D eigenvalue weighted by atomic mass is 10.2. The number of amides is 1. The van der Waals surface area contributed by atoms with Gasteiger partial charge >= 0.3 is 0 Å². The van der Waals surface area contributed by atoms with Crippen molar-refractivity contribution in [3.05, 3.63) is 22.4 Å². The van der Waals surface area contributed by atoms with Gasteiger partial charge in [-0.15, -0.1) is 11.3 Å². The van der Waals surface area contributed by atoms with Crippen molar-refractivity contribution in [3.63, 3.8) is 0 Å². The van der Waals surface area contributed by atoms with Gasteiger partial charge in [0.15, 0.2) is 0 Å². The van der Waals surface area contributed by atoms with Crippen LogP contribution in [0.5, 0.6) is 0 Å². The second-order valence-electron chi connectivity index (χ2n) is 4.32. The molecule has 4 heteroatoms. The molecule has 1 amide bonds. The van der Waals surface area contributed by atoms with Crippen molar-refractivity contribution in [2.45, 2.75) is 26.8 Å². The highest BCUT2D eigenvalue weighted by Crippen LogP contribution is 2.17. The summed E-state index contributed by atoms with van der Waals surface area (Å²) in [7, 11) is 0. The molecule has 1 atom stereocenters. The molecule has 0 fully saturated rings. The summed E-state index contributed by atoms with van der Waals surface area (Å²) in [4.78, 5) is 12.7. The molecule has 90 valence electrons. The van der Waals surface area contributed by atoms with Crippen molar-refractivity contribution in [1.29, 1.82) is 0 Å². The molecule has 0 spiro atoms. The van der Waals surface area contributed by atoms with Crippen LogP contribution in [0.15, 0.2) is 17.5 Å². The summed E-state index contributed by atoms with van der Waals surface area (Å²) >= 11 is 1.71. The van der Waals surface area contributed by atoms with Crippen molar-refractivity contribution < 1.29 is 4.79 Å². The van der Waals surface area contributed by atoms with Crippen LogP contribution in [0.1, 0.15) is 31.7 Å². The fourth-order valence-electron chi connectivity index (χ4n) is 1.26. The van der Waals surface area contributed by atoms with Gasteiger partial charge in [0.25, 0.3) is 0 Å². The van der Waals surface area contributed by atoms with Crippen molar-refractivity contribution >= 4 is 17.2 Å². The minimum absolute atomic E-state index is 0.0668. The number of carbonyl (C=O) groups excluding carboxylic acids is 1. The Morgan fingerprint density at radius 2 is 2.19 bits per heavy atom. The van der Waals surface area contributed by atoms with Crippen LogP contribution in [0.2, 0.25) is 0 Å². The molecule has 3 nitrogen and oxygen atoms in total. The van der Waals surface area contributed by atoms with E-state index in [4.69, 9.17) is 0 Å². The Kier molecular flexibility index (Phi) is 5.49. The Morgan fingerprint density at radius 3 is 2.75 bits per heavy atom. The maximum atomic E-state index is 11.5. The molecule has 0 saturated carbocycles. The lowest BCUT2D eigenvalue weighted by Gasteiger charge is -2.12. The van der Waals surface area contributed by atoms with Crippen LogP contribution in [0, 0.1) is 5.92 Å². The third-order valence-corrected chi connectivity index (χ3v) is 3.30. The number of rotatable bonds is 6. The second-order valence-corrected chi connectivity index (χ2v) is 5.30. The fourth-order valence-corrected chi connectivity index (χ4v) is 2.02. The summed E-state index contributed by atoms with van der Waals surface area (Å²) in [6.45, 7) is 7.37. The first-order valence-corrected chi connectivity index (χ1v) is 6.51. The lowest BCUT2D eigenvalue weighted by Crippen LogP contribution is -2.36. The first-order chi connectivity index (χ1) is 7.59. The summed E-state index contributed by atoms with van der Waals surface area (Å²) in [5.41, 5.74) is 0. The van der Waals surface area contributed by atoms with Crippen LogP contribution < -0.4 is 10.6 Å². The Labute approximate surface area is 101 Å². The zero-order chi connectivity index (χ0) is 12.0. The van der Waals surface area contributed by atoms with Crippen LogP contribution in [0.4, 0.5) is 0 Å². The summed E-state index contributed by atoms with van der Waals surface area (Å²) in [6, 6.07) is 4.34. The van der Waals surface area contributed by atoms with Gasteiger partial charge in [0.05, 0.1) is 6.54 Å². The van der Waals surface area contributed by atoms with Crippen molar-refractivity contribution in [2.24, 2.45) is 5.92 Å². The number of hydrogen-bond acceptors (Lipinski definition) is 3. The van der Waals surface area contributed by atoms with Gasteiger partial charge in [0.1, 0.15) is 0 Å². The Morgan fingerprint density at radius 1 is 1.44 bits per heavy atom. The topological polar surface area (TPSA) is 41.1 Å². The maximum absolute atomic E-state index is 11.5. The first kappa shape index (κ1) is 13.2. The van der Waals surface area contributed by atoms with E-state index in [1.54, 1.807) is 11.3 Å². The summed E-state index contributed by atoms with van der Waals surface area (Å²) in [5.74, 6) is 0.566. The van der Waals surface area contributed by atoms with E-state index in [0.717, 1.165) is 6.54 Å². The molecule has 0 aliphatic heterocycles. The van der Waals surface area contributed by atoms with Gasteiger partial charge < -0.3 is 10.6 Å². The van der Waals surface area contributed by atoms with Gasteiger partial charge in [-0.2, -0.15) is 0 Å². The molecule has 0 aliphatic carbocycles. The fraction of sp³-hybridized carbons (Fsp3) is 0.583. The third-order valence-electron chi connectivity index (χ3n) is 2.25. The highest BCUT2D eigenvalue weighted by molar-refractivity contribution is 7.10. The van der Waals surface area contributed by atoms with Crippen LogP contribution in [-0.4, -0.2) is 19.0 Å². The van der Waals surface area contributed by atoms with Crippen LogP contribution >= 0.6 is 11.3 Å². The number of nitrogens with one attached hydrogen (secondary N) is 2. The predicted molar refractivity (Wildman–Crippen MR) is 68.6 cm³/mol. The smallest absolute Gasteiger partial charge is 0.233 e. The number of carbonyl (C=O) groups is 1. The van der Waals surface area contributed by atoms with Crippen molar-refractivity contribution in [1.82, 2.24) is 10.6 Å². The molecule has 0 radical (unpaired) electrons. The van der Waals surface area contributed by atoms with E-state index in [0.29, 0.717) is 12.5 Å². The molecule has 0 aromatic carbocycles. The molecule has 0 unspecified atom stereocenters. The second kappa shape index (κ2) is 6.66. The lowest BCUT2D eigenvalue weighted by molar-refractivity contribution is -0.120. The molecule has 0 bridgehead atoms. The summed E-state index contributed by atoms with van der Waals surface area (Å²) in [6.07, 6.45) is 0. The SMILES string of the molecule is CC(C)CNC(=O)CN[C@H](C)c1cccs1. The zero-order valence-electron chi connectivity index (χ0n) is 10.1. The Bertz CT molecular complexity index is 309.